The van der Waals surface area contributed by atoms with Gasteiger partial charge in [0.2, 0.25) is 0 Å². The summed E-state index contributed by atoms with van der Waals surface area (Å²) in [6.45, 7) is 0.247. The summed E-state index contributed by atoms with van der Waals surface area (Å²) in [7, 11) is 0. The van der Waals surface area contributed by atoms with Gasteiger partial charge in [-0.15, -0.1) is 0 Å². The Morgan fingerprint density at radius 3 is 2.86 bits per heavy atom. The van der Waals surface area contributed by atoms with Gasteiger partial charge >= 0.3 is 0 Å². The molecule has 108 valence electrons. The van der Waals surface area contributed by atoms with Gasteiger partial charge in [0.05, 0.1) is 23.3 Å². The lowest BCUT2D eigenvalue weighted by Crippen LogP contribution is -2.23. The van der Waals surface area contributed by atoms with Crippen LogP contribution in [0.5, 0.6) is 0 Å². The lowest BCUT2D eigenvalue weighted by Gasteiger charge is -2.00. The highest BCUT2D eigenvalue weighted by Crippen LogP contribution is 2.14. The second-order valence-corrected chi connectivity index (χ2v) is 5.37. The van der Waals surface area contributed by atoms with Gasteiger partial charge in [0.15, 0.2) is 0 Å². The summed E-state index contributed by atoms with van der Waals surface area (Å²) in [4.78, 5) is 12.0. The Kier molecular flexibility index (Phi) is 4.33. The molecule has 1 heterocycles. The Labute approximate surface area is 136 Å². The first-order valence-electron chi connectivity index (χ1n) is 6.48. The van der Waals surface area contributed by atoms with Crippen LogP contribution in [0.1, 0.15) is 15.9 Å². The van der Waals surface area contributed by atoms with Gasteiger partial charge in [-0.1, -0.05) is 35.6 Å². The molecule has 0 aliphatic carbocycles. The Hall–Kier alpha value is -2.42. The fourth-order valence-electron chi connectivity index (χ4n) is 1.85. The van der Waals surface area contributed by atoms with Gasteiger partial charge in [-0.05, 0) is 30.3 Å². The number of hydrogen-bond donors (Lipinski definition) is 1. The number of benzene rings is 2. The van der Waals surface area contributed by atoms with Gasteiger partial charge < -0.3 is 5.32 Å². The zero-order valence-electron chi connectivity index (χ0n) is 11.3. The van der Waals surface area contributed by atoms with Gasteiger partial charge in [0.25, 0.3) is 5.91 Å². The van der Waals surface area contributed by atoms with Crippen molar-refractivity contribution in [3.05, 3.63) is 58.6 Å². The summed E-state index contributed by atoms with van der Waals surface area (Å²) in [6, 6.07) is 12.5. The summed E-state index contributed by atoms with van der Waals surface area (Å²) in [5.41, 5.74) is 2.80. The highest BCUT2D eigenvalue weighted by molar-refractivity contribution is 7.00. The fraction of sp³-hybridized carbons (Fsp3) is 0.0625. The maximum absolute atomic E-state index is 12.0. The van der Waals surface area contributed by atoms with Crippen LogP contribution in [-0.4, -0.2) is 21.2 Å². The van der Waals surface area contributed by atoms with Crippen molar-refractivity contribution in [3.63, 3.8) is 0 Å². The van der Waals surface area contributed by atoms with E-state index in [1.807, 2.05) is 18.2 Å². The zero-order chi connectivity index (χ0) is 15.4. The smallest absolute Gasteiger partial charge is 0.252 e. The Bertz CT molecular complexity index is 895. The normalized spacial score (nSPS) is 10.0. The average Bonchev–Trinajstić information content (AvgIpc) is 3.00. The van der Waals surface area contributed by atoms with Crippen LogP contribution in [0.3, 0.4) is 0 Å². The zero-order valence-corrected chi connectivity index (χ0v) is 12.9. The van der Waals surface area contributed by atoms with Crippen LogP contribution in [-0.2, 0) is 0 Å². The summed E-state index contributed by atoms with van der Waals surface area (Å²) >= 11 is 7.13. The molecule has 0 spiro atoms. The topological polar surface area (TPSA) is 54.9 Å². The summed E-state index contributed by atoms with van der Waals surface area (Å²) in [5.74, 6) is 5.62. The number of amides is 1. The second kappa shape index (κ2) is 6.56. The number of nitrogens with one attached hydrogen (secondary N) is 1. The number of nitrogens with zero attached hydrogens (tertiary/aromatic N) is 2. The molecule has 0 bridgehead atoms. The molecule has 6 heteroatoms. The van der Waals surface area contributed by atoms with Gasteiger partial charge in [-0.2, -0.15) is 8.75 Å². The average molecular weight is 328 g/mol. The monoisotopic (exact) mass is 327 g/mol. The first-order chi connectivity index (χ1) is 10.7. The highest BCUT2D eigenvalue weighted by atomic mass is 35.5. The van der Waals surface area contributed by atoms with Crippen LogP contribution >= 0.6 is 23.3 Å². The molecule has 3 rings (SSSR count). The van der Waals surface area contributed by atoms with Crippen LogP contribution in [0.15, 0.2) is 42.5 Å². The minimum absolute atomic E-state index is 0.191. The van der Waals surface area contributed by atoms with Crippen LogP contribution in [0, 0.1) is 11.8 Å². The molecule has 0 radical (unpaired) electrons. The molecule has 22 heavy (non-hydrogen) atoms. The SMILES string of the molecule is O=C(NCC#Cc1ccccc1Cl)c1ccc2nsnc2c1. The third-order valence-electron chi connectivity index (χ3n) is 2.95. The van der Waals surface area contributed by atoms with Gasteiger partial charge in [-0.3, -0.25) is 4.79 Å². The number of halogens is 1. The molecule has 1 N–H and O–H groups in total. The molecule has 0 unspecified atom stereocenters. The molecule has 0 atom stereocenters. The number of rotatable bonds is 2. The molecule has 0 aliphatic heterocycles. The first kappa shape index (κ1) is 14.5. The lowest BCUT2D eigenvalue weighted by molar-refractivity contribution is 0.0959. The standard InChI is InChI=1S/C16H10ClN3OS/c17-13-6-2-1-4-11(13)5-3-9-18-16(21)12-7-8-14-15(10-12)20-22-19-14/h1-2,4,6-8,10H,9H2,(H,18,21). The summed E-state index contributed by atoms with van der Waals surface area (Å²) in [5, 5.41) is 3.34. The molecular formula is C16H10ClN3OS. The van der Waals surface area contributed by atoms with E-state index in [2.05, 4.69) is 25.9 Å². The summed E-state index contributed by atoms with van der Waals surface area (Å²) < 4.78 is 8.22. The molecule has 0 saturated heterocycles. The van der Waals surface area contributed by atoms with E-state index in [-0.39, 0.29) is 12.5 Å². The molecule has 3 aromatic rings. The van der Waals surface area contributed by atoms with E-state index in [1.54, 1.807) is 24.3 Å². The van der Waals surface area contributed by atoms with E-state index in [4.69, 9.17) is 11.6 Å². The quantitative estimate of drug-likeness (QED) is 0.736. The minimum atomic E-state index is -0.191. The van der Waals surface area contributed by atoms with Crippen LogP contribution in [0.2, 0.25) is 5.02 Å². The number of aromatic nitrogens is 2. The van der Waals surface area contributed by atoms with Crippen LogP contribution in [0.4, 0.5) is 0 Å². The van der Waals surface area contributed by atoms with E-state index in [0.29, 0.717) is 10.6 Å². The molecule has 1 amide bonds. The van der Waals surface area contributed by atoms with E-state index in [1.165, 1.54) is 0 Å². The van der Waals surface area contributed by atoms with Gasteiger partial charge in [0, 0.05) is 11.1 Å². The maximum atomic E-state index is 12.0. The van der Waals surface area contributed by atoms with Crippen molar-refractivity contribution >= 4 is 40.3 Å². The minimum Gasteiger partial charge on any atom is -0.341 e. The molecular weight excluding hydrogens is 318 g/mol. The van der Waals surface area contributed by atoms with Crippen molar-refractivity contribution in [2.24, 2.45) is 0 Å². The van der Waals surface area contributed by atoms with Crippen LogP contribution < -0.4 is 5.32 Å². The van der Waals surface area contributed by atoms with Crippen molar-refractivity contribution < 1.29 is 4.79 Å². The van der Waals surface area contributed by atoms with E-state index in [0.717, 1.165) is 28.3 Å². The van der Waals surface area contributed by atoms with Crippen molar-refractivity contribution in [2.75, 3.05) is 6.54 Å². The number of hydrogen-bond acceptors (Lipinski definition) is 4. The van der Waals surface area contributed by atoms with Crippen molar-refractivity contribution in [1.82, 2.24) is 14.1 Å². The lowest BCUT2D eigenvalue weighted by atomic mass is 10.2. The largest absolute Gasteiger partial charge is 0.341 e. The molecule has 4 nitrogen and oxygen atoms in total. The molecule has 2 aromatic carbocycles. The van der Waals surface area contributed by atoms with Crippen molar-refractivity contribution in [3.8, 4) is 11.8 Å². The molecule has 1 aromatic heterocycles. The fourth-order valence-corrected chi connectivity index (χ4v) is 2.55. The third kappa shape index (κ3) is 3.25. The van der Waals surface area contributed by atoms with Crippen molar-refractivity contribution in [2.45, 2.75) is 0 Å². The first-order valence-corrected chi connectivity index (χ1v) is 7.59. The molecule has 0 fully saturated rings. The molecule has 0 aliphatic rings. The Morgan fingerprint density at radius 1 is 1.18 bits per heavy atom. The van der Waals surface area contributed by atoms with E-state index >= 15 is 0 Å². The van der Waals surface area contributed by atoms with E-state index in [9.17, 15) is 4.79 Å². The second-order valence-electron chi connectivity index (χ2n) is 4.43. The summed E-state index contributed by atoms with van der Waals surface area (Å²) in [6.07, 6.45) is 0. The van der Waals surface area contributed by atoms with E-state index < -0.39 is 0 Å². The number of carbonyl (C=O) groups is 1. The number of fused-ring (bicyclic) bond motifs is 1. The molecule has 0 saturated carbocycles. The van der Waals surface area contributed by atoms with Crippen LogP contribution in [0.25, 0.3) is 11.0 Å². The highest BCUT2D eigenvalue weighted by Gasteiger charge is 2.06. The van der Waals surface area contributed by atoms with Crippen molar-refractivity contribution in [1.29, 1.82) is 0 Å². The number of carbonyl (C=O) groups excluding carboxylic acids is 1. The Balaban J connectivity index is 1.64. The predicted molar refractivity (Wildman–Crippen MR) is 88.1 cm³/mol. The van der Waals surface area contributed by atoms with Gasteiger partial charge in [0.1, 0.15) is 11.0 Å². The third-order valence-corrected chi connectivity index (χ3v) is 3.84. The predicted octanol–water partition coefficient (Wildman–Crippen LogP) is 3.13. The Morgan fingerprint density at radius 2 is 2.00 bits per heavy atom. The maximum Gasteiger partial charge on any atom is 0.252 e. The van der Waals surface area contributed by atoms with Gasteiger partial charge in [-0.25, -0.2) is 0 Å².